The summed E-state index contributed by atoms with van der Waals surface area (Å²) in [6.45, 7) is 3.31. The molecule has 1 aliphatic rings. The number of aliphatic hydroxyl groups excluding tert-OH is 1. The Morgan fingerprint density at radius 2 is 2.18 bits per heavy atom. The minimum Gasteiger partial charge on any atom is -0.394 e. The van der Waals surface area contributed by atoms with Crippen molar-refractivity contribution in [3.8, 4) is 0 Å². The van der Waals surface area contributed by atoms with Crippen LogP contribution in [0.2, 0.25) is 0 Å². The molecule has 1 heterocycles. The van der Waals surface area contributed by atoms with Crippen LogP contribution in [0.1, 0.15) is 34.5 Å². The summed E-state index contributed by atoms with van der Waals surface area (Å²) in [5.74, 6) is -0.444. The summed E-state index contributed by atoms with van der Waals surface area (Å²) < 4.78 is 0. The van der Waals surface area contributed by atoms with Gasteiger partial charge in [0.15, 0.2) is 0 Å². The lowest BCUT2D eigenvalue weighted by Gasteiger charge is -2.15. The first-order chi connectivity index (χ1) is 7.99. The number of nitrogens with one attached hydrogen (secondary N) is 2. The number of carbonyl (C=O) groups excluding carboxylic acids is 1. The SMILES string of the molecule is Cc1n[nH]c(=O)c(C(=O)NC2(CO)CC2)c1C. The molecule has 0 spiro atoms. The summed E-state index contributed by atoms with van der Waals surface area (Å²) in [6, 6.07) is 0. The minimum absolute atomic E-state index is 0.0808. The van der Waals surface area contributed by atoms with E-state index in [1.807, 2.05) is 0 Å². The highest BCUT2D eigenvalue weighted by atomic mass is 16.3. The Labute approximate surface area is 98.1 Å². The lowest BCUT2D eigenvalue weighted by molar-refractivity contribution is 0.0904. The highest BCUT2D eigenvalue weighted by Gasteiger charge is 2.44. The van der Waals surface area contributed by atoms with Gasteiger partial charge in [-0.15, -0.1) is 0 Å². The van der Waals surface area contributed by atoms with Crippen molar-refractivity contribution in [3.63, 3.8) is 0 Å². The third-order valence-electron chi connectivity index (χ3n) is 3.23. The molecular formula is C11H15N3O3. The molecule has 0 atom stereocenters. The Balaban J connectivity index is 2.31. The second-order valence-corrected chi connectivity index (χ2v) is 4.53. The lowest BCUT2D eigenvalue weighted by Crippen LogP contribution is -2.42. The van der Waals surface area contributed by atoms with E-state index >= 15 is 0 Å². The second kappa shape index (κ2) is 3.96. The van der Waals surface area contributed by atoms with E-state index in [9.17, 15) is 9.59 Å². The van der Waals surface area contributed by atoms with Crippen LogP contribution in [0.5, 0.6) is 0 Å². The Bertz CT molecular complexity index is 517. The van der Waals surface area contributed by atoms with Crippen molar-refractivity contribution >= 4 is 5.91 Å². The molecule has 1 fully saturated rings. The number of amides is 1. The standard InChI is InChI=1S/C11H15N3O3/c1-6-7(2)13-14-10(17)8(6)9(16)12-11(5-15)3-4-11/h15H,3-5H2,1-2H3,(H,12,16)(H,14,17). The number of rotatable bonds is 3. The van der Waals surface area contributed by atoms with Gasteiger partial charge in [0.05, 0.1) is 17.8 Å². The number of aliphatic hydroxyl groups is 1. The third-order valence-corrected chi connectivity index (χ3v) is 3.23. The lowest BCUT2D eigenvalue weighted by atomic mass is 10.1. The second-order valence-electron chi connectivity index (χ2n) is 4.53. The van der Waals surface area contributed by atoms with Gasteiger partial charge in [-0.2, -0.15) is 5.10 Å². The highest BCUT2D eigenvalue weighted by molar-refractivity contribution is 5.96. The zero-order valence-electron chi connectivity index (χ0n) is 9.83. The van der Waals surface area contributed by atoms with Crippen molar-refractivity contribution in [2.45, 2.75) is 32.2 Å². The van der Waals surface area contributed by atoms with Gasteiger partial charge >= 0.3 is 0 Å². The predicted molar refractivity (Wildman–Crippen MR) is 60.8 cm³/mol. The first-order valence-corrected chi connectivity index (χ1v) is 5.48. The predicted octanol–water partition coefficient (Wildman–Crippen LogP) is -0.359. The first-order valence-electron chi connectivity index (χ1n) is 5.48. The molecule has 6 nitrogen and oxygen atoms in total. The van der Waals surface area contributed by atoms with E-state index in [0.717, 1.165) is 12.8 Å². The molecule has 17 heavy (non-hydrogen) atoms. The van der Waals surface area contributed by atoms with E-state index in [2.05, 4.69) is 15.5 Å². The van der Waals surface area contributed by atoms with Crippen molar-refractivity contribution in [1.29, 1.82) is 0 Å². The molecular weight excluding hydrogens is 222 g/mol. The Morgan fingerprint density at radius 3 is 2.71 bits per heavy atom. The quantitative estimate of drug-likeness (QED) is 0.669. The number of hydrogen-bond acceptors (Lipinski definition) is 4. The van der Waals surface area contributed by atoms with Crippen molar-refractivity contribution in [2.24, 2.45) is 0 Å². The Morgan fingerprint density at radius 1 is 1.53 bits per heavy atom. The number of hydrogen-bond donors (Lipinski definition) is 3. The van der Waals surface area contributed by atoms with Crippen LogP contribution in [-0.4, -0.2) is 33.4 Å². The molecule has 1 amide bonds. The fraction of sp³-hybridized carbons (Fsp3) is 0.545. The fourth-order valence-corrected chi connectivity index (χ4v) is 1.68. The molecule has 0 saturated heterocycles. The molecule has 2 rings (SSSR count). The number of nitrogens with zero attached hydrogens (tertiary/aromatic N) is 1. The molecule has 1 aliphatic carbocycles. The first kappa shape index (κ1) is 11.8. The van der Waals surface area contributed by atoms with Gasteiger partial charge in [-0.3, -0.25) is 9.59 Å². The van der Waals surface area contributed by atoms with Gasteiger partial charge in [-0.25, -0.2) is 5.10 Å². The topological polar surface area (TPSA) is 95.1 Å². The maximum atomic E-state index is 12.0. The molecule has 1 saturated carbocycles. The number of H-pyrrole nitrogens is 1. The van der Waals surface area contributed by atoms with Gasteiger partial charge in [0.2, 0.25) is 0 Å². The van der Waals surface area contributed by atoms with Crippen molar-refractivity contribution in [2.75, 3.05) is 6.61 Å². The van der Waals surface area contributed by atoms with Crippen molar-refractivity contribution < 1.29 is 9.90 Å². The van der Waals surface area contributed by atoms with Crippen LogP contribution in [0.15, 0.2) is 4.79 Å². The van der Waals surface area contributed by atoms with Gasteiger partial charge in [0.1, 0.15) is 5.56 Å². The van der Waals surface area contributed by atoms with Gasteiger partial charge in [-0.05, 0) is 32.3 Å². The van der Waals surface area contributed by atoms with Crippen LogP contribution in [0, 0.1) is 13.8 Å². The number of aromatic amines is 1. The minimum atomic E-state index is -0.521. The van der Waals surface area contributed by atoms with Gasteiger partial charge in [0, 0.05) is 0 Å². The van der Waals surface area contributed by atoms with Crippen LogP contribution in [0.3, 0.4) is 0 Å². The summed E-state index contributed by atoms with van der Waals surface area (Å²) in [5, 5.41) is 17.9. The zero-order chi connectivity index (χ0) is 12.6. The Kier molecular flexibility index (Phi) is 2.74. The van der Waals surface area contributed by atoms with Gasteiger partial charge in [0.25, 0.3) is 11.5 Å². The normalized spacial score (nSPS) is 16.6. The highest BCUT2D eigenvalue weighted by Crippen LogP contribution is 2.34. The van der Waals surface area contributed by atoms with Crippen LogP contribution < -0.4 is 10.9 Å². The van der Waals surface area contributed by atoms with E-state index in [1.54, 1.807) is 13.8 Å². The van der Waals surface area contributed by atoms with E-state index < -0.39 is 17.0 Å². The number of aryl methyl sites for hydroxylation is 1. The zero-order valence-corrected chi connectivity index (χ0v) is 9.83. The summed E-state index contributed by atoms with van der Waals surface area (Å²) in [4.78, 5) is 23.6. The molecule has 3 N–H and O–H groups in total. The smallest absolute Gasteiger partial charge is 0.277 e. The van der Waals surface area contributed by atoms with Crippen LogP contribution >= 0.6 is 0 Å². The molecule has 0 radical (unpaired) electrons. The molecule has 0 unspecified atom stereocenters. The summed E-state index contributed by atoms with van der Waals surface area (Å²) >= 11 is 0. The summed E-state index contributed by atoms with van der Waals surface area (Å²) in [6.07, 6.45) is 1.49. The molecule has 92 valence electrons. The molecule has 0 aromatic carbocycles. The average Bonchev–Trinajstić information content (AvgIpc) is 3.05. The van der Waals surface area contributed by atoms with Crippen LogP contribution in [0.25, 0.3) is 0 Å². The van der Waals surface area contributed by atoms with Crippen LogP contribution in [-0.2, 0) is 0 Å². The third kappa shape index (κ3) is 2.08. The molecule has 0 aliphatic heterocycles. The maximum absolute atomic E-state index is 12.0. The van der Waals surface area contributed by atoms with Crippen molar-refractivity contribution in [3.05, 3.63) is 27.2 Å². The van der Waals surface area contributed by atoms with E-state index in [1.165, 1.54) is 0 Å². The monoisotopic (exact) mass is 237 g/mol. The van der Waals surface area contributed by atoms with Gasteiger partial charge in [-0.1, -0.05) is 0 Å². The largest absolute Gasteiger partial charge is 0.394 e. The molecule has 0 bridgehead atoms. The van der Waals surface area contributed by atoms with Gasteiger partial charge < -0.3 is 10.4 Å². The Hall–Kier alpha value is -1.69. The fourth-order valence-electron chi connectivity index (χ4n) is 1.68. The summed E-state index contributed by atoms with van der Waals surface area (Å²) in [5.41, 5.74) is 0.243. The average molecular weight is 237 g/mol. The molecule has 1 aromatic rings. The number of aromatic nitrogens is 2. The van der Waals surface area contributed by atoms with Crippen molar-refractivity contribution in [1.82, 2.24) is 15.5 Å². The van der Waals surface area contributed by atoms with E-state index in [-0.39, 0.29) is 12.2 Å². The van der Waals surface area contributed by atoms with E-state index in [0.29, 0.717) is 11.3 Å². The maximum Gasteiger partial charge on any atom is 0.277 e. The molecule has 6 heteroatoms. The molecule has 1 aromatic heterocycles. The summed E-state index contributed by atoms with van der Waals surface area (Å²) in [7, 11) is 0. The van der Waals surface area contributed by atoms with Crippen LogP contribution in [0.4, 0.5) is 0 Å². The van der Waals surface area contributed by atoms with E-state index in [4.69, 9.17) is 5.11 Å². The number of carbonyl (C=O) groups is 1.